The van der Waals surface area contributed by atoms with Crippen LogP contribution in [-0.4, -0.2) is 42.7 Å². The van der Waals surface area contributed by atoms with E-state index in [1.165, 1.54) is 16.6 Å². The quantitative estimate of drug-likeness (QED) is 0.796. The Morgan fingerprint density at radius 3 is 2.89 bits per heavy atom. The van der Waals surface area contributed by atoms with Crippen molar-refractivity contribution in [3.63, 3.8) is 0 Å². The molecule has 0 spiro atoms. The summed E-state index contributed by atoms with van der Waals surface area (Å²) in [4.78, 5) is 11.4. The zero-order chi connectivity index (χ0) is 12.7. The predicted molar refractivity (Wildman–Crippen MR) is 76.8 cm³/mol. The average molecular weight is 255 g/mol. The highest BCUT2D eigenvalue weighted by molar-refractivity contribution is 5.97. The van der Waals surface area contributed by atoms with Crippen molar-refractivity contribution >= 4 is 22.4 Å². The molecule has 0 bridgehead atoms. The van der Waals surface area contributed by atoms with Gasteiger partial charge in [0.25, 0.3) is 0 Å². The van der Waals surface area contributed by atoms with Gasteiger partial charge in [0.05, 0.1) is 11.7 Å². The molecular weight excluding hydrogens is 238 g/mol. The molecule has 0 radical (unpaired) electrons. The first-order chi connectivity index (χ1) is 9.43. The van der Waals surface area contributed by atoms with Crippen molar-refractivity contribution in [2.45, 2.75) is 6.42 Å². The lowest BCUT2D eigenvalue weighted by molar-refractivity contribution is 0.590. The summed E-state index contributed by atoms with van der Waals surface area (Å²) in [6, 6.07) is 2.15. The normalized spacial score (nSPS) is 18.4. The van der Waals surface area contributed by atoms with Gasteiger partial charge in [-0.2, -0.15) is 0 Å². The van der Waals surface area contributed by atoms with Gasteiger partial charge < -0.3 is 15.5 Å². The summed E-state index contributed by atoms with van der Waals surface area (Å²) < 4.78 is 0. The number of piperazine rings is 1. The van der Waals surface area contributed by atoms with Crippen molar-refractivity contribution in [2.75, 3.05) is 42.9 Å². The third-order valence-electron chi connectivity index (χ3n) is 3.99. The number of rotatable bonds is 1. The predicted octanol–water partition coefficient (Wildman–Crippen LogP) is 1.01. The van der Waals surface area contributed by atoms with Crippen LogP contribution in [0.5, 0.6) is 0 Å². The largest absolute Gasteiger partial charge is 0.369 e. The Kier molecular flexibility index (Phi) is 2.51. The summed E-state index contributed by atoms with van der Waals surface area (Å²) in [5.74, 6) is 1.04. The molecule has 0 unspecified atom stereocenters. The highest BCUT2D eigenvalue weighted by Crippen LogP contribution is 2.34. The van der Waals surface area contributed by atoms with Crippen LogP contribution in [0.2, 0.25) is 0 Å². The van der Waals surface area contributed by atoms with Crippen LogP contribution in [0, 0.1) is 0 Å². The Bertz CT molecular complexity index is 619. The first-order valence-electron chi connectivity index (χ1n) is 6.89. The van der Waals surface area contributed by atoms with E-state index in [0.717, 1.165) is 50.5 Å². The standard InChI is InChI=1S/C14H17N5/c1-3-17-14-10(1)13-11(9-18-14)16-4-2-12(13)19-7-5-15-6-8-19/h2,4,9,15H,1,3,5-8H2,(H,17,18). The van der Waals surface area contributed by atoms with Gasteiger partial charge in [0.1, 0.15) is 5.82 Å². The fourth-order valence-corrected chi connectivity index (χ4v) is 3.07. The van der Waals surface area contributed by atoms with E-state index in [1.54, 1.807) is 0 Å². The minimum absolute atomic E-state index is 0.983. The smallest absolute Gasteiger partial charge is 0.130 e. The van der Waals surface area contributed by atoms with Gasteiger partial charge in [-0.3, -0.25) is 4.98 Å². The van der Waals surface area contributed by atoms with E-state index >= 15 is 0 Å². The van der Waals surface area contributed by atoms with Crippen molar-refractivity contribution < 1.29 is 0 Å². The van der Waals surface area contributed by atoms with Crippen molar-refractivity contribution in [1.29, 1.82) is 0 Å². The van der Waals surface area contributed by atoms with Gasteiger partial charge in [0.15, 0.2) is 0 Å². The molecule has 98 valence electrons. The lowest BCUT2D eigenvalue weighted by Crippen LogP contribution is -2.43. The van der Waals surface area contributed by atoms with Crippen molar-refractivity contribution in [2.24, 2.45) is 0 Å². The van der Waals surface area contributed by atoms with Gasteiger partial charge in [-0.05, 0) is 12.5 Å². The van der Waals surface area contributed by atoms with Crippen LogP contribution < -0.4 is 15.5 Å². The van der Waals surface area contributed by atoms with E-state index < -0.39 is 0 Å². The molecule has 2 N–H and O–H groups in total. The fourth-order valence-electron chi connectivity index (χ4n) is 3.07. The molecule has 1 fully saturated rings. The zero-order valence-electron chi connectivity index (χ0n) is 10.8. The molecule has 2 aliphatic heterocycles. The first kappa shape index (κ1) is 11.0. The van der Waals surface area contributed by atoms with Gasteiger partial charge in [0, 0.05) is 55.6 Å². The maximum atomic E-state index is 4.48. The number of pyridine rings is 2. The van der Waals surface area contributed by atoms with Crippen LogP contribution in [0.3, 0.4) is 0 Å². The summed E-state index contributed by atoms with van der Waals surface area (Å²) in [6.07, 6.45) is 4.83. The van der Waals surface area contributed by atoms with Gasteiger partial charge in [-0.25, -0.2) is 4.98 Å². The molecule has 2 aromatic rings. The van der Waals surface area contributed by atoms with Gasteiger partial charge in [-0.1, -0.05) is 0 Å². The van der Waals surface area contributed by atoms with Crippen LogP contribution in [0.15, 0.2) is 18.5 Å². The SMILES string of the molecule is c1cc(N2CCNCC2)c2c3c(ncc2n1)NCC3. The van der Waals surface area contributed by atoms with Crippen molar-refractivity contribution in [3.8, 4) is 0 Å². The molecule has 4 heterocycles. The molecule has 1 saturated heterocycles. The minimum Gasteiger partial charge on any atom is -0.369 e. The molecule has 4 rings (SSSR count). The Morgan fingerprint density at radius 2 is 2.00 bits per heavy atom. The summed E-state index contributed by atoms with van der Waals surface area (Å²) in [5, 5.41) is 8.05. The summed E-state index contributed by atoms with van der Waals surface area (Å²) in [7, 11) is 0. The molecule has 0 aliphatic carbocycles. The van der Waals surface area contributed by atoms with Crippen LogP contribution in [0.25, 0.3) is 10.9 Å². The molecule has 19 heavy (non-hydrogen) atoms. The molecule has 0 amide bonds. The molecule has 0 aromatic carbocycles. The van der Waals surface area contributed by atoms with E-state index in [9.17, 15) is 0 Å². The number of hydrogen-bond acceptors (Lipinski definition) is 5. The van der Waals surface area contributed by atoms with Crippen LogP contribution in [0.1, 0.15) is 5.56 Å². The maximum absolute atomic E-state index is 4.48. The highest BCUT2D eigenvalue weighted by Gasteiger charge is 2.20. The number of fused-ring (bicyclic) bond motifs is 3. The lowest BCUT2D eigenvalue weighted by Gasteiger charge is -2.30. The molecule has 0 saturated carbocycles. The Balaban J connectivity index is 1.92. The van der Waals surface area contributed by atoms with Gasteiger partial charge in [0.2, 0.25) is 0 Å². The second-order valence-electron chi connectivity index (χ2n) is 5.09. The van der Waals surface area contributed by atoms with Crippen molar-refractivity contribution in [3.05, 3.63) is 24.0 Å². The molecular formula is C14H17N5. The Hall–Kier alpha value is -1.88. The monoisotopic (exact) mass is 255 g/mol. The first-order valence-corrected chi connectivity index (χ1v) is 6.89. The van der Waals surface area contributed by atoms with Crippen molar-refractivity contribution in [1.82, 2.24) is 15.3 Å². The Morgan fingerprint density at radius 1 is 1.11 bits per heavy atom. The number of hydrogen-bond donors (Lipinski definition) is 2. The molecule has 5 nitrogen and oxygen atoms in total. The maximum Gasteiger partial charge on any atom is 0.130 e. The van der Waals surface area contributed by atoms with E-state index in [1.807, 2.05) is 12.4 Å². The lowest BCUT2D eigenvalue weighted by atomic mass is 10.1. The van der Waals surface area contributed by atoms with E-state index in [2.05, 4.69) is 31.6 Å². The molecule has 2 aliphatic rings. The highest BCUT2D eigenvalue weighted by atomic mass is 15.2. The summed E-state index contributed by atoms with van der Waals surface area (Å²) in [6.45, 7) is 5.20. The third-order valence-corrected chi connectivity index (χ3v) is 3.99. The van der Waals surface area contributed by atoms with Gasteiger partial charge in [-0.15, -0.1) is 0 Å². The second kappa shape index (κ2) is 4.35. The zero-order valence-corrected chi connectivity index (χ0v) is 10.8. The van der Waals surface area contributed by atoms with Gasteiger partial charge >= 0.3 is 0 Å². The topological polar surface area (TPSA) is 53.1 Å². The average Bonchev–Trinajstić information content (AvgIpc) is 2.96. The summed E-state index contributed by atoms with van der Waals surface area (Å²) >= 11 is 0. The number of nitrogens with zero attached hydrogens (tertiary/aromatic N) is 3. The summed E-state index contributed by atoms with van der Waals surface area (Å²) in [5.41, 5.74) is 3.66. The van der Waals surface area contributed by atoms with Crippen LogP contribution in [0.4, 0.5) is 11.5 Å². The molecule has 0 atom stereocenters. The Labute approximate surface area is 112 Å². The minimum atomic E-state index is 0.983. The van der Waals surface area contributed by atoms with Crippen LogP contribution in [-0.2, 0) is 6.42 Å². The van der Waals surface area contributed by atoms with E-state index in [0.29, 0.717) is 0 Å². The fraction of sp³-hybridized carbons (Fsp3) is 0.429. The molecule has 5 heteroatoms. The molecule has 2 aromatic heterocycles. The number of nitrogens with one attached hydrogen (secondary N) is 2. The van der Waals surface area contributed by atoms with Crippen LogP contribution >= 0.6 is 0 Å². The second-order valence-corrected chi connectivity index (χ2v) is 5.09. The van der Waals surface area contributed by atoms with E-state index in [-0.39, 0.29) is 0 Å². The number of aromatic nitrogens is 2. The third kappa shape index (κ3) is 1.73. The number of anilines is 2. The van der Waals surface area contributed by atoms with E-state index in [4.69, 9.17) is 0 Å².